The number of aromatic nitrogens is 1. The number of aryl methyl sites for hydroxylation is 3. The van der Waals surface area contributed by atoms with Gasteiger partial charge in [-0.2, -0.15) is 0 Å². The van der Waals surface area contributed by atoms with Crippen LogP contribution in [-0.2, 0) is 0 Å². The minimum absolute atomic E-state index is 0.0611. The predicted molar refractivity (Wildman–Crippen MR) is 109 cm³/mol. The van der Waals surface area contributed by atoms with Crippen LogP contribution in [0.4, 0.5) is 5.13 Å². The van der Waals surface area contributed by atoms with Gasteiger partial charge in [-0.15, -0.1) is 11.3 Å². The van der Waals surface area contributed by atoms with Gasteiger partial charge in [-0.1, -0.05) is 23.2 Å². The van der Waals surface area contributed by atoms with Gasteiger partial charge in [0.15, 0.2) is 5.13 Å². The van der Waals surface area contributed by atoms with Gasteiger partial charge < -0.3 is 10.6 Å². The second-order valence-corrected chi connectivity index (χ2v) is 8.83. The SMILES string of the molecule is Cc1ccc(Cl)c(C(=O)NC2CCC(CNc3nc(C)c(C)s3)CC2)c1. The van der Waals surface area contributed by atoms with E-state index in [1.165, 1.54) is 4.88 Å². The summed E-state index contributed by atoms with van der Waals surface area (Å²) in [5.41, 5.74) is 2.73. The molecule has 1 heterocycles. The molecule has 0 aliphatic heterocycles. The Kier molecular flexibility index (Phi) is 6.20. The maximum Gasteiger partial charge on any atom is 0.253 e. The van der Waals surface area contributed by atoms with E-state index in [1.807, 2.05) is 26.0 Å². The summed E-state index contributed by atoms with van der Waals surface area (Å²) in [6, 6.07) is 5.80. The molecule has 0 unspecified atom stereocenters. The number of carbonyl (C=O) groups is 1. The molecule has 2 aromatic rings. The molecule has 0 bridgehead atoms. The summed E-state index contributed by atoms with van der Waals surface area (Å²) in [5.74, 6) is 0.573. The normalized spacial score (nSPS) is 20.0. The van der Waals surface area contributed by atoms with E-state index in [0.717, 1.165) is 48.6 Å². The molecule has 1 aliphatic carbocycles. The van der Waals surface area contributed by atoms with E-state index in [4.69, 9.17) is 11.6 Å². The zero-order chi connectivity index (χ0) is 18.7. The van der Waals surface area contributed by atoms with Crippen molar-refractivity contribution in [1.82, 2.24) is 10.3 Å². The first-order valence-electron chi connectivity index (χ1n) is 9.17. The molecule has 1 aromatic carbocycles. The van der Waals surface area contributed by atoms with Crippen LogP contribution in [0.25, 0.3) is 0 Å². The second-order valence-electron chi connectivity index (χ2n) is 7.22. The molecule has 26 heavy (non-hydrogen) atoms. The van der Waals surface area contributed by atoms with Gasteiger partial charge in [0, 0.05) is 17.5 Å². The van der Waals surface area contributed by atoms with E-state index in [-0.39, 0.29) is 11.9 Å². The van der Waals surface area contributed by atoms with Crippen molar-refractivity contribution in [3.05, 3.63) is 44.9 Å². The summed E-state index contributed by atoms with van der Waals surface area (Å²) in [7, 11) is 0. The van der Waals surface area contributed by atoms with Crippen molar-refractivity contribution in [2.24, 2.45) is 5.92 Å². The quantitative estimate of drug-likeness (QED) is 0.743. The number of anilines is 1. The monoisotopic (exact) mass is 391 g/mol. The Labute approximate surface area is 164 Å². The molecule has 6 heteroatoms. The van der Waals surface area contributed by atoms with Crippen LogP contribution in [0.15, 0.2) is 18.2 Å². The molecule has 4 nitrogen and oxygen atoms in total. The number of nitrogens with zero attached hydrogens (tertiary/aromatic N) is 1. The fourth-order valence-corrected chi connectivity index (χ4v) is 4.39. The van der Waals surface area contributed by atoms with Crippen molar-refractivity contribution >= 4 is 34.0 Å². The summed E-state index contributed by atoms with van der Waals surface area (Å²) in [6.45, 7) is 7.07. The van der Waals surface area contributed by atoms with Crippen molar-refractivity contribution in [3.63, 3.8) is 0 Å². The highest BCUT2D eigenvalue weighted by Gasteiger charge is 2.23. The van der Waals surface area contributed by atoms with Gasteiger partial charge in [-0.05, 0) is 64.5 Å². The van der Waals surface area contributed by atoms with Gasteiger partial charge in [0.1, 0.15) is 0 Å². The van der Waals surface area contributed by atoms with E-state index in [2.05, 4.69) is 22.5 Å². The van der Waals surface area contributed by atoms with E-state index in [1.54, 1.807) is 17.4 Å². The molecule has 1 fully saturated rings. The third-order valence-electron chi connectivity index (χ3n) is 5.12. The molecular weight excluding hydrogens is 366 g/mol. The van der Waals surface area contributed by atoms with Crippen LogP contribution < -0.4 is 10.6 Å². The molecular formula is C20H26ClN3OS. The first-order valence-corrected chi connectivity index (χ1v) is 10.4. The van der Waals surface area contributed by atoms with Gasteiger partial charge in [0.25, 0.3) is 5.91 Å². The van der Waals surface area contributed by atoms with Crippen LogP contribution in [0.3, 0.4) is 0 Å². The third kappa shape index (κ3) is 4.77. The van der Waals surface area contributed by atoms with Crippen LogP contribution in [0.1, 0.15) is 52.2 Å². The summed E-state index contributed by atoms with van der Waals surface area (Å²) in [5, 5.41) is 8.16. The van der Waals surface area contributed by atoms with Crippen LogP contribution in [0, 0.1) is 26.7 Å². The van der Waals surface area contributed by atoms with Crippen molar-refractivity contribution in [2.45, 2.75) is 52.5 Å². The molecule has 1 aliphatic rings. The van der Waals surface area contributed by atoms with Gasteiger partial charge >= 0.3 is 0 Å². The topological polar surface area (TPSA) is 54.0 Å². The first kappa shape index (κ1) is 19.2. The summed E-state index contributed by atoms with van der Waals surface area (Å²) < 4.78 is 0. The van der Waals surface area contributed by atoms with Gasteiger partial charge in [0.05, 0.1) is 16.3 Å². The van der Waals surface area contributed by atoms with E-state index < -0.39 is 0 Å². The number of hydrogen-bond acceptors (Lipinski definition) is 4. The zero-order valence-electron chi connectivity index (χ0n) is 15.6. The number of hydrogen-bond donors (Lipinski definition) is 2. The molecule has 1 aromatic heterocycles. The molecule has 1 amide bonds. The highest BCUT2D eigenvalue weighted by Crippen LogP contribution is 2.27. The average molecular weight is 392 g/mol. The Morgan fingerprint density at radius 1 is 1.23 bits per heavy atom. The summed E-state index contributed by atoms with van der Waals surface area (Å²) in [6.07, 6.45) is 4.25. The fraction of sp³-hybridized carbons (Fsp3) is 0.500. The van der Waals surface area contributed by atoms with Crippen LogP contribution in [0.5, 0.6) is 0 Å². The van der Waals surface area contributed by atoms with E-state index in [0.29, 0.717) is 16.5 Å². The first-order chi connectivity index (χ1) is 12.4. The summed E-state index contributed by atoms with van der Waals surface area (Å²) in [4.78, 5) is 18.3. The smallest absolute Gasteiger partial charge is 0.253 e. The Morgan fingerprint density at radius 2 is 1.96 bits per heavy atom. The molecule has 1 saturated carbocycles. The highest BCUT2D eigenvalue weighted by molar-refractivity contribution is 7.15. The molecule has 0 saturated heterocycles. The van der Waals surface area contributed by atoms with Gasteiger partial charge in [0.2, 0.25) is 0 Å². The lowest BCUT2D eigenvalue weighted by Crippen LogP contribution is -2.38. The zero-order valence-corrected chi connectivity index (χ0v) is 17.1. The third-order valence-corrected chi connectivity index (χ3v) is 6.48. The number of amides is 1. The lowest BCUT2D eigenvalue weighted by Gasteiger charge is -2.29. The van der Waals surface area contributed by atoms with Crippen LogP contribution in [0.2, 0.25) is 5.02 Å². The molecule has 3 rings (SSSR count). The minimum atomic E-state index is -0.0611. The number of nitrogens with one attached hydrogen (secondary N) is 2. The van der Waals surface area contributed by atoms with Crippen LogP contribution in [-0.4, -0.2) is 23.5 Å². The lowest BCUT2D eigenvalue weighted by molar-refractivity contribution is 0.0923. The van der Waals surface area contributed by atoms with Gasteiger partial charge in [-0.3, -0.25) is 4.79 Å². The number of benzene rings is 1. The Hall–Kier alpha value is -1.59. The standard InChI is InChI=1S/C20H26ClN3OS/c1-12-4-9-18(21)17(10-12)19(25)24-16-7-5-15(6-8-16)11-22-20-23-13(2)14(3)26-20/h4,9-10,15-16H,5-8,11H2,1-3H3,(H,22,23)(H,24,25). The Balaban J connectivity index is 1.46. The lowest BCUT2D eigenvalue weighted by atomic mass is 9.86. The van der Waals surface area contributed by atoms with E-state index in [9.17, 15) is 4.79 Å². The predicted octanol–water partition coefficient (Wildman–Crippen LogP) is 5.12. The van der Waals surface area contributed by atoms with Crippen LogP contribution >= 0.6 is 22.9 Å². The van der Waals surface area contributed by atoms with Gasteiger partial charge in [-0.25, -0.2) is 4.98 Å². The van der Waals surface area contributed by atoms with Crippen molar-refractivity contribution < 1.29 is 4.79 Å². The minimum Gasteiger partial charge on any atom is -0.361 e. The average Bonchev–Trinajstić information content (AvgIpc) is 2.94. The number of rotatable bonds is 5. The van der Waals surface area contributed by atoms with E-state index >= 15 is 0 Å². The molecule has 0 atom stereocenters. The largest absolute Gasteiger partial charge is 0.361 e. The van der Waals surface area contributed by atoms with Crippen molar-refractivity contribution in [2.75, 3.05) is 11.9 Å². The fourth-order valence-electron chi connectivity index (χ4n) is 3.37. The molecule has 2 N–H and O–H groups in total. The number of thiazole rings is 1. The van der Waals surface area contributed by atoms with Crippen molar-refractivity contribution in [1.29, 1.82) is 0 Å². The number of carbonyl (C=O) groups excluding carboxylic acids is 1. The van der Waals surface area contributed by atoms with Crippen molar-refractivity contribution in [3.8, 4) is 0 Å². The molecule has 140 valence electrons. The number of halogens is 1. The highest BCUT2D eigenvalue weighted by atomic mass is 35.5. The summed E-state index contributed by atoms with van der Waals surface area (Å²) >= 11 is 7.89. The Morgan fingerprint density at radius 3 is 2.62 bits per heavy atom. The Bertz CT molecular complexity index is 762. The maximum atomic E-state index is 12.5. The molecule has 0 spiro atoms. The second kappa shape index (κ2) is 8.40. The maximum absolute atomic E-state index is 12.5. The molecule has 0 radical (unpaired) electrons.